The highest BCUT2D eigenvalue weighted by molar-refractivity contribution is 5.29. The first-order valence-corrected chi connectivity index (χ1v) is 7.18. The van der Waals surface area contributed by atoms with E-state index in [2.05, 4.69) is 49.2 Å². The second kappa shape index (κ2) is 6.35. The normalized spacial score (nSPS) is 20.5. The van der Waals surface area contributed by atoms with Crippen molar-refractivity contribution in [3.05, 3.63) is 34.9 Å². The third-order valence-electron chi connectivity index (χ3n) is 4.15. The second-order valence-electron chi connectivity index (χ2n) is 5.60. The molecule has 1 saturated heterocycles. The Balaban J connectivity index is 1.73. The molecule has 1 unspecified atom stereocenters. The van der Waals surface area contributed by atoms with Gasteiger partial charge in [0.05, 0.1) is 0 Å². The third kappa shape index (κ3) is 3.56. The molecule has 1 atom stereocenters. The SMILES string of the molecule is CCN1CCC(CNCc2ccc(C)c(C)c2)C1. The maximum atomic E-state index is 3.61. The Kier molecular flexibility index (Phi) is 4.79. The average molecular weight is 246 g/mol. The minimum absolute atomic E-state index is 0.844. The highest BCUT2D eigenvalue weighted by atomic mass is 15.1. The van der Waals surface area contributed by atoms with Gasteiger partial charge in [-0.1, -0.05) is 25.1 Å². The van der Waals surface area contributed by atoms with Crippen LogP contribution in [0.25, 0.3) is 0 Å². The molecule has 1 aliphatic heterocycles. The Morgan fingerprint density at radius 1 is 1.28 bits per heavy atom. The topological polar surface area (TPSA) is 15.3 Å². The Bertz CT molecular complexity index is 387. The Labute approximate surface area is 111 Å². The van der Waals surface area contributed by atoms with Crippen LogP contribution in [0, 0.1) is 19.8 Å². The van der Waals surface area contributed by atoms with E-state index in [0.29, 0.717) is 0 Å². The molecule has 1 aromatic rings. The Morgan fingerprint density at radius 2 is 2.11 bits per heavy atom. The minimum Gasteiger partial charge on any atom is -0.312 e. The molecule has 2 rings (SSSR count). The Hall–Kier alpha value is -0.860. The molecular formula is C16H26N2. The van der Waals surface area contributed by atoms with E-state index >= 15 is 0 Å². The van der Waals surface area contributed by atoms with E-state index in [1.165, 1.54) is 42.7 Å². The highest BCUT2D eigenvalue weighted by Gasteiger charge is 2.20. The summed E-state index contributed by atoms with van der Waals surface area (Å²) >= 11 is 0. The molecule has 0 spiro atoms. The van der Waals surface area contributed by atoms with Crippen LogP contribution in [-0.2, 0) is 6.54 Å². The predicted molar refractivity (Wildman–Crippen MR) is 77.8 cm³/mol. The van der Waals surface area contributed by atoms with Crippen molar-refractivity contribution in [1.29, 1.82) is 0 Å². The zero-order valence-electron chi connectivity index (χ0n) is 12.0. The number of hydrogen-bond acceptors (Lipinski definition) is 2. The molecule has 18 heavy (non-hydrogen) atoms. The van der Waals surface area contributed by atoms with Crippen LogP contribution in [0.1, 0.15) is 30.0 Å². The van der Waals surface area contributed by atoms with E-state index < -0.39 is 0 Å². The van der Waals surface area contributed by atoms with Gasteiger partial charge in [-0.2, -0.15) is 0 Å². The average Bonchev–Trinajstić information content (AvgIpc) is 2.82. The molecule has 0 aromatic heterocycles. The van der Waals surface area contributed by atoms with Gasteiger partial charge in [0.15, 0.2) is 0 Å². The van der Waals surface area contributed by atoms with Crippen LogP contribution in [0.2, 0.25) is 0 Å². The van der Waals surface area contributed by atoms with Gasteiger partial charge >= 0.3 is 0 Å². The summed E-state index contributed by atoms with van der Waals surface area (Å²) in [7, 11) is 0. The molecule has 1 heterocycles. The summed E-state index contributed by atoms with van der Waals surface area (Å²) in [6.45, 7) is 12.5. The van der Waals surface area contributed by atoms with Crippen LogP contribution in [0.3, 0.4) is 0 Å². The van der Waals surface area contributed by atoms with Crippen LogP contribution in [0.4, 0.5) is 0 Å². The van der Waals surface area contributed by atoms with Crippen molar-refractivity contribution >= 4 is 0 Å². The molecular weight excluding hydrogens is 220 g/mol. The zero-order chi connectivity index (χ0) is 13.0. The predicted octanol–water partition coefficient (Wildman–Crippen LogP) is 2.73. The molecule has 0 radical (unpaired) electrons. The quantitative estimate of drug-likeness (QED) is 0.859. The van der Waals surface area contributed by atoms with E-state index in [4.69, 9.17) is 0 Å². The molecule has 1 aliphatic rings. The van der Waals surface area contributed by atoms with E-state index in [0.717, 1.165) is 19.0 Å². The molecule has 0 bridgehead atoms. The summed E-state index contributed by atoms with van der Waals surface area (Å²) in [4.78, 5) is 2.54. The van der Waals surface area contributed by atoms with Crippen molar-refractivity contribution in [2.24, 2.45) is 5.92 Å². The lowest BCUT2D eigenvalue weighted by atomic mass is 10.1. The van der Waals surface area contributed by atoms with Gasteiger partial charge in [0.1, 0.15) is 0 Å². The first kappa shape index (κ1) is 13.6. The highest BCUT2D eigenvalue weighted by Crippen LogP contribution is 2.15. The fraction of sp³-hybridized carbons (Fsp3) is 0.625. The molecule has 0 aliphatic carbocycles. The maximum absolute atomic E-state index is 3.61. The van der Waals surface area contributed by atoms with Crippen LogP contribution in [-0.4, -0.2) is 31.1 Å². The number of aryl methyl sites for hydroxylation is 2. The van der Waals surface area contributed by atoms with Gasteiger partial charge in [-0.05, 0) is 62.5 Å². The van der Waals surface area contributed by atoms with E-state index in [1.54, 1.807) is 0 Å². The van der Waals surface area contributed by atoms with Crippen molar-refractivity contribution in [3.8, 4) is 0 Å². The first-order valence-electron chi connectivity index (χ1n) is 7.18. The molecule has 1 aromatic carbocycles. The number of hydrogen-bond donors (Lipinski definition) is 1. The van der Waals surface area contributed by atoms with Crippen LogP contribution < -0.4 is 5.32 Å². The zero-order valence-corrected chi connectivity index (χ0v) is 12.0. The van der Waals surface area contributed by atoms with Crippen LogP contribution in [0.15, 0.2) is 18.2 Å². The minimum atomic E-state index is 0.844. The van der Waals surface area contributed by atoms with E-state index in [-0.39, 0.29) is 0 Å². The van der Waals surface area contributed by atoms with Crippen LogP contribution in [0.5, 0.6) is 0 Å². The number of benzene rings is 1. The number of nitrogens with zero attached hydrogens (tertiary/aromatic N) is 1. The smallest absolute Gasteiger partial charge is 0.0205 e. The van der Waals surface area contributed by atoms with E-state index in [9.17, 15) is 0 Å². The summed E-state index contributed by atoms with van der Waals surface area (Å²) in [5, 5.41) is 3.61. The lowest BCUT2D eigenvalue weighted by molar-refractivity contribution is 0.339. The molecule has 2 nitrogen and oxygen atoms in total. The molecule has 2 heteroatoms. The maximum Gasteiger partial charge on any atom is 0.0205 e. The number of nitrogens with one attached hydrogen (secondary N) is 1. The van der Waals surface area contributed by atoms with Crippen LogP contribution >= 0.6 is 0 Å². The first-order chi connectivity index (χ1) is 8.69. The van der Waals surface area contributed by atoms with Gasteiger partial charge in [-0.25, -0.2) is 0 Å². The van der Waals surface area contributed by atoms with Gasteiger partial charge in [-0.15, -0.1) is 0 Å². The largest absolute Gasteiger partial charge is 0.312 e. The third-order valence-corrected chi connectivity index (χ3v) is 4.15. The summed E-state index contributed by atoms with van der Waals surface area (Å²) < 4.78 is 0. The van der Waals surface area contributed by atoms with Gasteiger partial charge in [0.25, 0.3) is 0 Å². The molecule has 1 N–H and O–H groups in total. The Morgan fingerprint density at radius 3 is 2.78 bits per heavy atom. The summed E-state index contributed by atoms with van der Waals surface area (Å²) in [6, 6.07) is 6.76. The van der Waals surface area contributed by atoms with Crippen molar-refractivity contribution < 1.29 is 0 Å². The van der Waals surface area contributed by atoms with E-state index in [1.807, 2.05) is 0 Å². The number of likely N-dealkylation sites (tertiary alicyclic amines) is 1. The number of rotatable bonds is 5. The van der Waals surface area contributed by atoms with Gasteiger partial charge in [0, 0.05) is 13.1 Å². The van der Waals surface area contributed by atoms with Crippen molar-refractivity contribution in [1.82, 2.24) is 10.2 Å². The lowest BCUT2D eigenvalue weighted by Crippen LogP contribution is -2.26. The molecule has 100 valence electrons. The van der Waals surface area contributed by atoms with Gasteiger partial charge < -0.3 is 10.2 Å². The second-order valence-corrected chi connectivity index (χ2v) is 5.60. The molecule has 0 amide bonds. The van der Waals surface area contributed by atoms with Crippen molar-refractivity contribution in [3.63, 3.8) is 0 Å². The standard InChI is InChI=1S/C16H26N2/c1-4-18-8-7-16(12-18)11-17-10-15-6-5-13(2)14(3)9-15/h5-6,9,16-17H,4,7-8,10-12H2,1-3H3. The fourth-order valence-electron chi connectivity index (χ4n) is 2.70. The summed E-state index contributed by atoms with van der Waals surface area (Å²) in [6.07, 6.45) is 1.35. The van der Waals surface area contributed by atoms with Gasteiger partial charge in [0.2, 0.25) is 0 Å². The fourth-order valence-corrected chi connectivity index (χ4v) is 2.70. The summed E-state index contributed by atoms with van der Waals surface area (Å²) in [5.74, 6) is 0.844. The lowest BCUT2D eigenvalue weighted by Gasteiger charge is -2.14. The van der Waals surface area contributed by atoms with Crippen molar-refractivity contribution in [2.75, 3.05) is 26.2 Å². The monoisotopic (exact) mass is 246 g/mol. The molecule has 0 saturated carbocycles. The van der Waals surface area contributed by atoms with Gasteiger partial charge in [-0.3, -0.25) is 0 Å². The van der Waals surface area contributed by atoms with Crippen molar-refractivity contribution in [2.45, 2.75) is 33.7 Å². The summed E-state index contributed by atoms with van der Waals surface area (Å²) in [5.41, 5.74) is 4.18. The molecule has 1 fully saturated rings.